The fourth-order valence-electron chi connectivity index (χ4n) is 3.64. The van der Waals surface area contributed by atoms with Gasteiger partial charge in [-0.25, -0.2) is 18.1 Å². The van der Waals surface area contributed by atoms with E-state index in [1.54, 1.807) is 42.7 Å². The molecular weight excluding hydrogens is 464 g/mol. The molecule has 3 aromatic heterocycles. The summed E-state index contributed by atoms with van der Waals surface area (Å²) in [7, 11) is -3.81. The molecule has 174 valence electrons. The first kappa shape index (κ1) is 22.5. The van der Waals surface area contributed by atoms with Crippen LogP contribution in [0.1, 0.15) is 16.1 Å². The Morgan fingerprint density at radius 2 is 1.74 bits per heavy atom. The summed E-state index contributed by atoms with van der Waals surface area (Å²) in [6.45, 7) is 0.0205. The monoisotopic (exact) mass is 484 g/mol. The summed E-state index contributed by atoms with van der Waals surface area (Å²) < 4.78 is 33.1. The zero-order valence-corrected chi connectivity index (χ0v) is 19.2. The molecule has 0 saturated carbocycles. The lowest BCUT2D eigenvalue weighted by atomic mass is 10.0. The predicted octanol–water partition coefficient (Wildman–Crippen LogP) is 4.62. The molecule has 0 aliphatic heterocycles. The second kappa shape index (κ2) is 9.49. The zero-order chi connectivity index (χ0) is 24.3. The third-order valence-corrected chi connectivity index (χ3v) is 6.75. The normalized spacial score (nSPS) is 11.4. The van der Waals surface area contributed by atoms with E-state index in [1.807, 2.05) is 36.4 Å². The minimum absolute atomic E-state index is 0.0205. The smallest absolute Gasteiger partial charge is 0.256 e. The standard InChI is InChI=1S/C26H20N4O4S/c31-26(23-16-25(18-10-12-27-13-11-18)30-24-9-2-1-8-22(23)24)29-19-5-3-7-21(15-19)35(32,33)28-17-20-6-4-14-34-20/h1-16,28H,17H2,(H,29,31). The maximum absolute atomic E-state index is 13.3. The highest BCUT2D eigenvalue weighted by atomic mass is 32.2. The van der Waals surface area contributed by atoms with Crippen molar-refractivity contribution in [1.29, 1.82) is 0 Å². The number of carbonyl (C=O) groups is 1. The lowest BCUT2D eigenvalue weighted by Gasteiger charge is -2.12. The molecule has 1 amide bonds. The van der Waals surface area contributed by atoms with Gasteiger partial charge in [-0.2, -0.15) is 0 Å². The minimum Gasteiger partial charge on any atom is -0.468 e. The second-order valence-corrected chi connectivity index (χ2v) is 9.46. The van der Waals surface area contributed by atoms with Crippen LogP contribution < -0.4 is 10.0 Å². The number of hydrogen-bond donors (Lipinski definition) is 2. The van der Waals surface area contributed by atoms with Crippen LogP contribution in [0.15, 0.2) is 107 Å². The highest BCUT2D eigenvalue weighted by Crippen LogP contribution is 2.26. The molecule has 0 spiro atoms. The van der Waals surface area contributed by atoms with Crippen molar-refractivity contribution in [2.45, 2.75) is 11.4 Å². The summed E-state index contributed by atoms with van der Waals surface area (Å²) >= 11 is 0. The van der Waals surface area contributed by atoms with Crippen LogP contribution in [0.2, 0.25) is 0 Å². The zero-order valence-electron chi connectivity index (χ0n) is 18.4. The maximum Gasteiger partial charge on any atom is 0.256 e. The number of amides is 1. The summed E-state index contributed by atoms with van der Waals surface area (Å²) in [4.78, 5) is 22.1. The van der Waals surface area contributed by atoms with Crippen LogP contribution >= 0.6 is 0 Å². The molecular formula is C26H20N4O4S. The van der Waals surface area contributed by atoms with E-state index in [1.165, 1.54) is 18.4 Å². The molecule has 0 unspecified atom stereocenters. The van der Waals surface area contributed by atoms with Crippen molar-refractivity contribution in [3.8, 4) is 11.3 Å². The number of sulfonamides is 1. The molecule has 0 saturated heterocycles. The Hall–Kier alpha value is -4.34. The maximum atomic E-state index is 13.3. The number of nitrogens with one attached hydrogen (secondary N) is 2. The Morgan fingerprint density at radius 3 is 2.54 bits per heavy atom. The largest absolute Gasteiger partial charge is 0.468 e. The van der Waals surface area contributed by atoms with Crippen LogP contribution in [-0.2, 0) is 16.6 Å². The number of pyridine rings is 2. The average Bonchev–Trinajstić information content (AvgIpc) is 3.41. The lowest BCUT2D eigenvalue weighted by Crippen LogP contribution is -2.23. The first-order valence-electron chi connectivity index (χ1n) is 10.7. The molecule has 0 aliphatic carbocycles. The molecule has 9 heteroatoms. The summed E-state index contributed by atoms with van der Waals surface area (Å²) in [5, 5.41) is 3.51. The van der Waals surface area contributed by atoms with Gasteiger partial charge in [0.05, 0.1) is 34.5 Å². The van der Waals surface area contributed by atoms with Crippen molar-refractivity contribution >= 4 is 32.5 Å². The molecule has 0 bridgehead atoms. The van der Waals surface area contributed by atoms with Gasteiger partial charge in [0.15, 0.2) is 0 Å². The van der Waals surface area contributed by atoms with Gasteiger partial charge < -0.3 is 9.73 Å². The first-order chi connectivity index (χ1) is 17.0. The van der Waals surface area contributed by atoms with Gasteiger partial charge in [0.2, 0.25) is 10.0 Å². The number of aromatic nitrogens is 2. The van der Waals surface area contributed by atoms with Crippen LogP contribution in [0.4, 0.5) is 5.69 Å². The third kappa shape index (κ3) is 4.96. The van der Waals surface area contributed by atoms with E-state index in [9.17, 15) is 13.2 Å². The van der Waals surface area contributed by atoms with Crippen molar-refractivity contribution in [2.75, 3.05) is 5.32 Å². The van der Waals surface area contributed by atoms with Crippen molar-refractivity contribution < 1.29 is 17.6 Å². The van der Waals surface area contributed by atoms with Gasteiger partial charge in [0.1, 0.15) is 5.76 Å². The number of hydrogen-bond acceptors (Lipinski definition) is 6. The molecule has 2 aromatic carbocycles. The Kier molecular flexibility index (Phi) is 6.09. The fourth-order valence-corrected chi connectivity index (χ4v) is 4.67. The van der Waals surface area contributed by atoms with Gasteiger partial charge in [-0.05, 0) is 54.6 Å². The Bertz CT molecular complexity index is 1600. The molecule has 3 heterocycles. The summed E-state index contributed by atoms with van der Waals surface area (Å²) in [5.41, 5.74) is 2.91. The second-order valence-electron chi connectivity index (χ2n) is 7.69. The molecule has 5 aromatic rings. The highest BCUT2D eigenvalue weighted by Gasteiger charge is 2.17. The van der Waals surface area contributed by atoms with E-state index in [-0.39, 0.29) is 17.3 Å². The minimum atomic E-state index is -3.81. The molecule has 0 radical (unpaired) electrons. The molecule has 2 N–H and O–H groups in total. The molecule has 8 nitrogen and oxygen atoms in total. The first-order valence-corrected chi connectivity index (χ1v) is 12.2. The van der Waals surface area contributed by atoms with Gasteiger partial charge in [-0.3, -0.25) is 9.78 Å². The van der Waals surface area contributed by atoms with Crippen molar-refractivity contribution in [3.05, 3.63) is 109 Å². The molecule has 0 atom stereocenters. The topological polar surface area (TPSA) is 114 Å². The van der Waals surface area contributed by atoms with E-state index in [4.69, 9.17) is 4.42 Å². The Morgan fingerprint density at radius 1 is 0.914 bits per heavy atom. The number of nitrogens with zero attached hydrogens (tertiary/aromatic N) is 2. The SMILES string of the molecule is O=C(Nc1cccc(S(=O)(=O)NCc2ccco2)c1)c1cc(-c2ccncc2)nc2ccccc12. The highest BCUT2D eigenvalue weighted by molar-refractivity contribution is 7.89. The number of rotatable bonds is 7. The Balaban J connectivity index is 1.44. The van der Waals surface area contributed by atoms with Crippen LogP contribution in [0, 0.1) is 0 Å². The van der Waals surface area contributed by atoms with E-state index in [2.05, 4.69) is 20.0 Å². The Labute approximate surface area is 201 Å². The number of benzene rings is 2. The van der Waals surface area contributed by atoms with Crippen molar-refractivity contribution in [1.82, 2.24) is 14.7 Å². The number of carbonyl (C=O) groups excluding carboxylic acids is 1. The van der Waals surface area contributed by atoms with E-state index < -0.39 is 10.0 Å². The van der Waals surface area contributed by atoms with Crippen molar-refractivity contribution in [3.63, 3.8) is 0 Å². The van der Waals surface area contributed by atoms with E-state index in [0.29, 0.717) is 33.6 Å². The average molecular weight is 485 g/mol. The molecule has 0 aliphatic rings. The quantitative estimate of drug-likeness (QED) is 0.348. The molecule has 0 fully saturated rings. The number of furan rings is 1. The third-order valence-electron chi connectivity index (χ3n) is 5.36. The van der Waals surface area contributed by atoms with Gasteiger partial charge in [-0.15, -0.1) is 0 Å². The van der Waals surface area contributed by atoms with Crippen molar-refractivity contribution in [2.24, 2.45) is 0 Å². The van der Waals surface area contributed by atoms with Crippen LogP contribution in [0.3, 0.4) is 0 Å². The van der Waals surface area contributed by atoms with E-state index >= 15 is 0 Å². The van der Waals surface area contributed by atoms with Gasteiger partial charge in [0, 0.05) is 29.0 Å². The number of fused-ring (bicyclic) bond motifs is 1. The lowest BCUT2D eigenvalue weighted by molar-refractivity contribution is 0.102. The number of anilines is 1. The summed E-state index contributed by atoms with van der Waals surface area (Å²) in [5.74, 6) is 0.115. The van der Waals surface area contributed by atoms with Gasteiger partial charge >= 0.3 is 0 Å². The van der Waals surface area contributed by atoms with Crippen LogP contribution in [0.5, 0.6) is 0 Å². The molecule has 5 rings (SSSR count). The molecule has 35 heavy (non-hydrogen) atoms. The number of para-hydroxylation sites is 1. The van der Waals surface area contributed by atoms with Gasteiger partial charge in [-0.1, -0.05) is 24.3 Å². The summed E-state index contributed by atoms with van der Waals surface area (Å²) in [6.07, 6.45) is 4.80. The van der Waals surface area contributed by atoms with Gasteiger partial charge in [0.25, 0.3) is 5.91 Å². The van der Waals surface area contributed by atoms with Crippen LogP contribution in [0.25, 0.3) is 22.2 Å². The summed E-state index contributed by atoms with van der Waals surface area (Å²) in [6, 6.07) is 22.2. The van der Waals surface area contributed by atoms with E-state index in [0.717, 1.165) is 5.56 Å². The predicted molar refractivity (Wildman–Crippen MR) is 132 cm³/mol. The van der Waals surface area contributed by atoms with Crippen LogP contribution in [-0.4, -0.2) is 24.3 Å². The fraction of sp³-hybridized carbons (Fsp3) is 0.0385.